The van der Waals surface area contributed by atoms with Crippen molar-refractivity contribution in [2.75, 3.05) is 33.0 Å². The lowest BCUT2D eigenvalue weighted by Crippen LogP contribution is -2.33. The molecule has 0 aliphatic heterocycles. The highest BCUT2D eigenvalue weighted by molar-refractivity contribution is 7.32. The summed E-state index contributed by atoms with van der Waals surface area (Å²) in [4.78, 5) is 8.60. The van der Waals surface area contributed by atoms with Crippen LogP contribution in [0, 0.1) is 30.1 Å². The van der Waals surface area contributed by atoms with Crippen LogP contribution in [0.2, 0.25) is 0 Å². The molecule has 6 heteroatoms. The predicted octanol–water partition coefficient (Wildman–Crippen LogP) is 0.959. The molecule has 1 N–H and O–H groups in total. The third-order valence-electron chi connectivity index (χ3n) is 1.80. The molecule has 0 aliphatic rings. The minimum absolute atomic E-state index is 0.0217. The van der Waals surface area contributed by atoms with E-state index in [0.717, 1.165) is 0 Å². The fourth-order valence-corrected chi connectivity index (χ4v) is 1.47. The molecule has 0 saturated heterocycles. The van der Waals surface area contributed by atoms with Crippen molar-refractivity contribution in [3.63, 3.8) is 0 Å². The first-order valence-corrected chi connectivity index (χ1v) is 5.98. The van der Waals surface area contributed by atoms with Gasteiger partial charge in [-0.1, -0.05) is 18.8 Å². The third kappa shape index (κ3) is 8.83. The minimum atomic E-state index is -2.64. The van der Waals surface area contributed by atoms with Crippen LogP contribution in [-0.4, -0.2) is 37.9 Å². The maximum absolute atomic E-state index is 10.5. The molecule has 0 amide bonds. The van der Waals surface area contributed by atoms with Crippen LogP contribution < -0.4 is 0 Å². The average Bonchev–Trinajstić information content (AvgIpc) is 2.27. The Morgan fingerprint density at radius 2 is 1.65 bits per heavy atom. The zero-order chi connectivity index (χ0) is 13.1. The Balaban J connectivity index is 4.19. The highest BCUT2D eigenvalue weighted by atomic mass is 31.1. The SMILES string of the molecule is C#CCOCC(C)(COCC#C)CO[P+](=O)O. The quantitative estimate of drug-likeness (QED) is 0.379. The number of hydrogen-bond acceptors (Lipinski definition) is 4. The second kappa shape index (κ2) is 9.13. The number of hydrogen-bond donors (Lipinski definition) is 1. The normalized spacial score (nSPS) is 11.6. The summed E-state index contributed by atoms with van der Waals surface area (Å²) in [5.41, 5.74) is -0.568. The van der Waals surface area contributed by atoms with E-state index in [1.807, 2.05) is 0 Å². The molecule has 0 saturated carbocycles. The lowest BCUT2D eigenvalue weighted by Gasteiger charge is -2.25. The van der Waals surface area contributed by atoms with E-state index in [1.165, 1.54) is 0 Å². The maximum atomic E-state index is 10.5. The molecule has 0 bridgehead atoms. The van der Waals surface area contributed by atoms with Gasteiger partial charge in [-0.05, 0) is 0 Å². The summed E-state index contributed by atoms with van der Waals surface area (Å²) in [7, 11) is -2.64. The lowest BCUT2D eigenvalue weighted by atomic mass is 9.94. The van der Waals surface area contributed by atoms with Crippen LogP contribution in [0.4, 0.5) is 0 Å². The van der Waals surface area contributed by atoms with Crippen LogP contribution >= 0.6 is 8.25 Å². The van der Waals surface area contributed by atoms with E-state index in [2.05, 4.69) is 16.4 Å². The molecular weight excluding hydrogens is 243 g/mol. The van der Waals surface area contributed by atoms with Crippen molar-refractivity contribution in [2.45, 2.75) is 6.92 Å². The predicted molar refractivity (Wildman–Crippen MR) is 63.2 cm³/mol. The molecule has 1 atom stereocenters. The summed E-state index contributed by atoms with van der Waals surface area (Å²) in [6.07, 6.45) is 10.1. The van der Waals surface area contributed by atoms with Crippen molar-refractivity contribution in [1.29, 1.82) is 0 Å². The van der Waals surface area contributed by atoms with E-state index in [4.69, 9.17) is 27.2 Å². The van der Waals surface area contributed by atoms with Crippen molar-refractivity contribution in [3.8, 4) is 24.7 Å². The first-order valence-electron chi connectivity index (χ1n) is 4.85. The molecule has 5 nitrogen and oxygen atoms in total. The first kappa shape index (κ1) is 16.1. The minimum Gasteiger partial charge on any atom is -0.368 e. The highest BCUT2D eigenvalue weighted by Crippen LogP contribution is 2.24. The van der Waals surface area contributed by atoms with Gasteiger partial charge in [-0.25, -0.2) is 0 Å². The Morgan fingerprint density at radius 3 is 2.00 bits per heavy atom. The second-order valence-corrected chi connectivity index (χ2v) is 4.45. The lowest BCUT2D eigenvalue weighted by molar-refractivity contribution is -0.0215. The van der Waals surface area contributed by atoms with Gasteiger partial charge in [0.05, 0.1) is 13.2 Å². The molecule has 0 fully saturated rings. The van der Waals surface area contributed by atoms with Crippen LogP contribution in [0.3, 0.4) is 0 Å². The molecule has 94 valence electrons. The smallest absolute Gasteiger partial charge is 0.368 e. The van der Waals surface area contributed by atoms with Crippen LogP contribution in [0.5, 0.6) is 0 Å². The van der Waals surface area contributed by atoms with E-state index >= 15 is 0 Å². The second-order valence-electron chi connectivity index (χ2n) is 3.72. The molecule has 1 unspecified atom stereocenters. The molecule has 0 heterocycles. The van der Waals surface area contributed by atoms with Crippen molar-refractivity contribution in [3.05, 3.63) is 0 Å². The van der Waals surface area contributed by atoms with Crippen LogP contribution in [0.15, 0.2) is 0 Å². The number of terminal acetylenes is 2. The standard InChI is InChI=1S/C11H15O5P/c1-4-6-14-8-11(3,9-15-7-5-2)10-16-17(12)13/h1-2H,6-10H2,3H3/p+1. The molecule has 0 aromatic heterocycles. The Hall–Kier alpha value is -0.940. The Bertz CT molecular complexity index is 295. The molecule has 0 aromatic carbocycles. The third-order valence-corrected chi connectivity index (χ3v) is 2.15. The monoisotopic (exact) mass is 259 g/mol. The Morgan fingerprint density at radius 1 is 1.18 bits per heavy atom. The zero-order valence-electron chi connectivity index (χ0n) is 9.72. The summed E-state index contributed by atoms with van der Waals surface area (Å²) >= 11 is 0. The van der Waals surface area contributed by atoms with Gasteiger partial charge in [0.25, 0.3) is 0 Å². The van der Waals surface area contributed by atoms with Gasteiger partial charge in [-0.2, -0.15) is 0 Å². The van der Waals surface area contributed by atoms with E-state index in [0.29, 0.717) is 0 Å². The number of ether oxygens (including phenoxy) is 2. The highest BCUT2D eigenvalue weighted by Gasteiger charge is 2.30. The summed E-state index contributed by atoms with van der Waals surface area (Å²) in [5, 5.41) is 0. The van der Waals surface area contributed by atoms with Crippen molar-refractivity contribution in [2.24, 2.45) is 5.41 Å². The summed E-state index contributed by atoms with van der Waals surface area (Å²) in [6.45, 7) is 2.65. The van der Waals surface area contributed by atoms with Gasteiger partial charge in [0.2, 0.25) is 0 Å². The molecular formula is C11H16O5P+. The van der Waals surface area contributed by atoms with Crippen LogP contribution in [-0.2, 0) is 18.6 Å². The van der Waals surface area contributed by atoms with Gasteiger partial charge in [0.1, 0.15) is 19.8 Å². The van der Waals surface area contributed by atoms with Crippen LogP contribution in [0.25, 0.3) is 0 Å². The molecule has 0 rings (SSSR count). The number of rotatable bonds is 9. The maximum Gasteiger partial charge on any atom is 0.694 e. The van der Waals surface area contributed by atoms with Gasteiger partial charge in [-0.3, -0.25) is 0 Å². The van der Waals surface area contributed by atoms with Gasteiger partial charge in [-0.15, -0.1) is 22.3 Å². The van der Waals surface area contributed by atoms with Gasteiger partial charge in [0, 0.05) is 9.98 Å². The molecule has 0 spiro atoms. The van der Waals surface area contributed by atoms with Crippen LogP contribution in [0.1, 0.15) is 6.92 Å². The fraction of sp³-hybridized carbons (Fsp3) is 0.636. The Labute approximate surface area is 102 Å². The van der Waals surface area contributed by atoms with E-state index in [-0.39, 0.29) is 33.0 Å². The molecule has 0 radical (unpaired) electrons. The zero-order valence-corrected chi connectivity index (χ0v) is 10.6. The van der Waals surface area contributed by atoms with Gasteiger partial charge >= 0.3 is 8.25 Å². The van der Waals surface area contributed by atoms with Crippen molar-refractivity contribution < 1.29 is 23.5 Å². The molecule has 0 aromatic rings. The summed E-state index contributed by atoms with van der Waals surface area (Å²) < 4.78 is 25.5. The summed E-state index contributed by atoms with van der Waals surface area (Å²) in [5.74, 6) is 4.66. The van der Waals surface area contributed by atoms with E-state index in [9.17, 15) is 4.57 Å². The van der Waals surface area contributed by atoms with Gasteiger partial charge < -0.3 is 9.47 Å². The van der Waals surface area contributed by atoms with E-state index < -0.39 is 13.7 Å². The van der Waals surface area contributed by atoms with Gasteiger partial charge in [0.15, 0.2) is 0 Å². The average molecular weight is 259 g/mol. The summed E-state index contributed by atoms with van der Waals surface area (Å²) in [6, 6.07) is 0. The molecule has 17 heavy (non-hydrogen) atoms. The first-order chi connectivity index (χ1) is 8.04. The van der Waals surface area contributed by atoms with Crippen molar-refractivity contribution >= 4 is 8.25 Å². The Kier molecular flexibility index (Phi) is 8.62. The molecule has 0 aliphatic carbocycles. The van der Waals surface area contributed by atoms with Crippen molar-refractivity contribution in [1.82, 2.24) is 0 Å². The topological polar surface area (TPSA) is 65.0 Å². The largest absolute Gasteiger partial charge is 0.694 e. The van der Waals surface area contributed by atoms with E-state index in [1.54, 1.807) is 6.92 Å². The fourth-order valence-electron chi connectivity index (χ4n) is 1.05.